The van der Waals surface area contributed by atoms with Crippen LogP contribution in [0.3, 0.4) is 0 Å². The van der Waals surface area contributed by atoms with Crippen LogP contribution in [0, 0.1) is 11.6 Å². The maximum absolute atomic E-state index is 14.2. The molecule has 1 aromatic heterocycles. The fraction of sp³-hybridized carbons (Fsp3) is 0.238. The number of nitrogens with one attached hydrogen (secondary N) is 1. The summed E-state index contributed by atoms with van der Waals surface area (Å²) in [6, 6.07) is 8.84. The monoisotopic (exact) mass is 518 g/mol. The summed E-state index contributed by atoms with van der Waals surface area (Å²) < 4.78 is 61.5. The Labute approximate surface area is 198 Å². The van der Waals surface area contributed by atoms with E-state index in [-0.39, 0.29) is 31.5 Å². The van der Waals surface area contributed by atoms with E-state index in [1.807, 2.05) is 7.05 Å². The van der Waals surface area contributed by atoms with Gasteiger partial charge in [0.25, 0.3) is 10.0 Å². The van der Waals surface area contributed by atoms with E-state index < -0.39 is 21.7 Å². The van der Waals surface area contributed by atoms with Crippen molar-refractivity contribution in [2.45, 2.75) is 16.7 Å². The number of anilines is 1. The Morgan fingerprint density at radius 3 is 2.59 bits per heavy atom. The first-order valence-corrected chi connectivity index (χ1v) is 12.6. The number of nitrogens with zero attached hydrogens (tertiary/aromatic N) is 1. The van der Waals surface area contributed by atoms with Crippen LogP contribution in [-0.4, -0.2) is 39.6 Å². The molecule has 4 rings (SSSR count). The summed E-state index contributed by atoms with van der Waals surface area (Å²) in [6.45, 7) is 1.66. The van der Waals surface area contributed by atoms with Crippen LogP contribution in [0.25, 0.3) is 10.4 Å². The highest BCUT2D eigenvalue weighted by Gasteiger charge is 2.24. The predicted octanol–water partition coefficient (Wildman–Crippen LogP) is 5.88. The fourth-order valence-electron chi connectivity index (χ4n) is 3.37. The zero-order valence-corrected chi connectivity index (χ0v) is 19.9. The van der Waals surface area contributed by atoms with Crippen molar-refractivity contribution in [3.05, 3.63) is 64.1 Å². The van der Waals surface area contributed by atoms with Crippen LogP contribution in [0.15, 0.2) is 46.7 Å². The fourth-order valence-corrected chi connectivity index (χ4v) is 6.42. The molecule has 11 heteroatoms. The molecule has 1 aliphatic heterocycles. The lowest BCUT2D eigenvalue weighted by Gasteiger charge is -2.16. The molecule has 32 heavy (non-hydrogen) atoms. The first-order chi connectivity index (χ1) is 15.1. The Balaban J connectivity index is 1.58. The molecule has 2 heterocycles. The van der Waals surface area contributed by atoms with E-state index in [4.69, 9.17) is 27.9 Å². The molecule has 0 saturated carbocycles. The van der Waals surface area contributed by atoms with Gasteiger partial charge in [0.2, 0.25) is 0 Å². The van der Waals surface area contributed by atoms with Crippen molar-refractivity contribution in [3.8, 4) is 16.2 Å². The number of halogens is 4. The number of hydrogen-bond donors (Lipinski definition) is 1. The third-order valence-electron chi connectivity index (χ3n) is 4.93. The second kappa shape index (κ2) is 9.15. The minimum Gasteiger partial charge on any atom is -0.487 e. The van der Waals surface area contributed by atoms with E-state index in [2.05, 4.69) is 9.62 Å². The number of rotatable bonds is 6. The van der Waals surface area contributed by atoms with Gasteiger partial charge in [-0.15, -0.1) is 11.3 Å². The average molecular weight is 519 g/mol. The maximum atomic E-state index is 14.2. The molecule has 3 aromatic rings. The van der Waals surface area contributed by atoms with Crippen molar-refractivity contribution in [1.82, 2.24) is 4.90 Å². The number of hydrogen-bond acceptors (Lipinski definition) is 5. The standard InChI is InChI=1S/C21H18Cl2F2N2O3S2/c1-27-7-6-14(11-27)30-19-9-13(3-5-16(19)22)26-32(28,29)20-10-17(23)21(31-20)15-4-2-12(24)8-18(15)25/h2-5,8-10,14,26H,6-7,11H2,1H3/t14-/m1/s1. The smallest absolute Gasteiger partial charge is 0.271 e. The molecule has 0 radical (unpaired) electrons. The van der Waals surface area contributed by atoms with E-state index in [1.54, 1.807) is 6.07 Å². The van der Waals surface area contributed by atoms with Crippen LogP contribution < -0.4 is 9.46 Å². The van der Waals surface area contributed by atoms with Gasteiger partial charge in [0, 0.05) is 30.8 Å². The van der Waals surface area contributed by atoms with Crippen molar-refractivity contribution in [2.75, 3.05) is 24.9 Å². The molecule has 5 nitrogen and oxygen atoms in total. The van der Waals surface area contributed by atoms with Gasteiger partial charge in [-0.2, -0.15) is 0 Å². The van der Waals surface area contributed by atoms with E-state index in [9.17, 15) is 17.2 Å². The molecule has 0 unspecified atom stereocenters. The zero-order valence-electron chi connectivity index (χ0n) is 16.7. The number of benzene rings is 2. The minimum atomic E-state index is -4.03. The number of thiophene rings is 1. The van der Waals surface area contributed by atoms with E-state index in [1.165, 1.54) is 24.3 Å². The third kappa shape index (κ3) is 5.02. The zero-order chi connectivity index (χ0) is 23.0. The Hall–Kier alpha value is -1.91. The lowest BCUT2D eigenvalue weighted by atomic mass is 10.2. The maximum Gasteiger partial charge on any atom is 0.271 e. The normalized spacial score (nSPS) is 17.0. The Morgan fingerprint density at radius 2 is 1.91 bits per heavy atom. The first kappa shape index (κ1) is 23.3. The molecule has 1 atom stereocenters. The second-order valence-corrected chi connectivity index (χ2v) is 11.2. The van der Waals surface area contributed by atoms with Gasteiger partial charge >= 0.3 is 0 Å². The molecule has 1 aliphatic rings. The van der Waals surface area contributed by atoms with Crippen molar-refractivity contribution in [3.63, 3.8) is 0 Å². The Kier molecular flexibility index (Phi) is 6.65. The van der Waals surface area contributed by atoms with Gasteiger partial charge in [0.05, 0.1) is 20.6 Å². The summed E-state index contributed by atoms with van der Waals surface area (Å²) in [5.41, 5.74) is 0.279. The van der Waals surface area contributed by atoms with Crippen LogP contribution in [0.1, 0.15) is 6.42 Å². The molecule has 0 amide bonds. The second-order valence-electron chi connectivity index (χ2n) is 7.41. The first-order valence-electron chi connectivity index (χ1n) is 9.55. The molecule has 2 aromatic carbocycles. The van der Waals surface area contributed by atoms with Gasteiger partial charge in [0.1, 0.15) is 27.7 Å². The molecule has 0 aliphatic carbocycles. The van der Waals surface area contributed by atoms with Gasteiger partial charge in [-0.05, 0) is 43.8 Å². The Morgan fingerprint density at radius 1 is 1.12 bits per heavy atom. The van der Waals surface area contributed by atoms with Crippen molar-refractivity contribution < 1.29 is 21.9 Å². The van der Waals surface area contributed by atoms with Crippen LogP contribution >= 0.6 is 34.5 Å². The summed E-state index contributed by atoms with van der Waals surface area (Å²) in [7, 11) is -2.04. The molecule has 170 valence electrons. The number of ether oxygens (including phenoxy) is 1. The lowest BCUT2D eigenvalue weighted by Crippen LogP contribution is -2.21. The van der Waals surface area contributed by atoms with Crippen LogP contribution in [0.5, 0.6) is 5.75 Å². The van der Waals surface area contributed by atoms with Crippen molar-refractivity contribution >= 4 is 50.2 Å². The van der Waals surface area contributed by atoms with Crippen molar-refractivity contribution in [1.29, 1.82) is 0 Å². The molecule has 0 spiro atoms. The van der Waals surface area contributed by atoms with E-state index in [0.29, 0.717) is 10.8 Å². The average Bonchev–Trinajstić information content (AvgIpc) is 3.30. The number of likely N-dealkylation sites (N-methyl/N-ethyl adjacent to an activating group) is 1. The summed E-state index contributed by atoms with van der Waals surface area (Å²) in [5.74, 6) is -1.19. The van der Waals surface area contributed by atoms with E-state index in [0.717, 1.165) is 43.0 Å². The lowest BCUT2D eigenvalue weighted by molar-refractivity contribution is 0.208. The minimum absolute atomic E-state index is 0.0200. The summed E-state index contributed by atoms with van der Waals surface area (Å²) in [6.07, 6.45) is 0.813. The van der Waals surface area contributed by atoms with Gasteiger partial charge in [-0.3, -0.25) is 4.72 Å². The van der Waals surface area contributed by atoms with Crippen LogP contribution in [0.4, 0.5) is 14.5 Å². The highest BCUT2D eigenvalue weighted by atomic mass is 35.5. The van der Waals surface area contributed by atoms with Gasteiger partial charge < -0.3 is 9.64 Å². The molecular formula is C21H18Cl2F2N2O3S2. The van der Waals surface area contributed by atoms with Gasteiger partial charge in [0.15, 0.2) is 0 Å². The third-order valence-corrected chi connectivity index (χ3v) is 8.68. The highest BCUT2D eigenvalue weighted by molar-refractivity contribution is 7.94. The number of sulfonamides is 1. The molecular weight excluding hydrogens is 501 g/mol. The molecule has 1 N–H and O–H groups in total. The van der Waals surface area contributed by atoms with Crippen LogP contribution in [0.2, 0.25) is 10.0 Å². The summed E-state index contributed by atoms with van der Waals surface area (Å²) >= 11 is 13.2. The van der Waals surface area contributed by atoms with E-state index >= 15 is 0 Å². The van der Waals surface area contributed by atoms with Gasteiger partial charge in [-0.1, -0.05) is 23.2 Å². The molecule has 0 bridgehead atoms. The number of likely N-dealkylation sites (tertiary alicyclic amines) is 1. The predicted molar refractivity (Wildman–Crippen MR) is 123 cm³/mol. The molecule has 1 fully saturated rings. The van der Waals surface area contributed by atoms with Crippen LogP contribution in [-0.2, 0) is 10.0 Å². The quantitative estimate of drug-likeness (QED) is 0.442. The van der Waals surface area contributed by atoms with Gasteiger partial charge in [-0.25, -0.2) is 17.2 Å². The summed E-state index contributed by atoms with van der Waals surface area (Å²) in [5, 5.41) is 0.419. The Bertz CT molecular complexity index is 1270. The topological polar surface area (TPSA) is 58.6 Å². The molecule has 1 saturated heterocycles. The SMILES string of the molecule is CN1CC[C@@H](Oc2cc(NS(=O)(=O)c3cc(Cl)c(-c4ccc(F)cc4F)s3)ccc2Cl)C1. The largest absolute Gasteiger partial charge is 0.487 e. The summed E-state index contributed by atoms with van der Waals surface area (Å²) in [4.78, 5) is 2.32. The van der Waals surface area contributed by atoms with Crippen molar-refractivity contribution in [2.24, 2.45) is 0 Å². The highest BCUT2D eigenvalue weighted by Crippen LogP contribution is 2.40.